The van der Waals surface area contributed by atoms with E-state index < -0.39 is 18.8 Å². The molecule has 14 heteroatoms. The zero-order valence-corrected chi connectivity index (χ0v) is 21.9. The van der Waals surface area contributed by atoms with Crippen LogP contribution in [-0.4, -0.2) is 83.3 Å². The fraction of sp³-hybridized carbons (Fsp3) is 0.423. The molecule has 0 radical (unpaired) electrons. The van der Waals surface area contributed by atoms with Gasteiger partial charge in [-0.05, 0) is 31.9 Å². The van der Waals surface area contributed by atoms with Crippen LogP contribution in [0.3, 0.4) is 0 Å². The van der Waals surface area contributed by atoms with Gasteiger partial charge in [0.1, 0.15) is 5.92 Å². The molecular weight excluding hydrogens is 520 g/mol. The molecule has 1 aliphatic carbocycles. The van der Waals surface area contributed by atoms with Crippen molar-refractivity contribution in [1.82, 2.24) is 30.6 Å². The van der Waals surface area contributed by atoms with Crippen LogP contribution in [0, 0.1) is 5.92 Å². The second kappa shape index (κ2) is 11.7. The van der Waals surface area contributed by atoms with E-state index in [-0.39, 0.29) is 52.4 Å². The van der Waals surface area contributed by atoms with Gasteiger partial charge in [0, 0.05) is 36.2 Å². The molecule has 2 aliphatic rings. The van der Waals surface area contributed by atoms with Gasteiger partial charge in [-0.1, -0.05) is 11.2 Å². The summed E-state index contributed by atoms with van der Waals surface area (Å²) in [4.78, 5) is 44.2. The topological polar surface area (TPSA) is 174 Å². The van der Waals surface area contributed by atoms with E-state index in [0.717, 1.165) is 12.8 Å². The molecule has 1 unspecified atom stereocenters. The lowest BCUT2D eigenvalue weighted by atomic mass is 10.1. The number of benzene rings is 1. The van der Waals surface area contributed by atoms with Crippen molar-refractivity contribution in [3.8, 4) is 17.1 Å². The number of para-hydroxylation sites is 1. The number of ether oxygens (including phenoxy) is 2. The van der Waals surface area contributed by atoms with E-state index in [2.05, 4.69) is 31.0 Å². The maximum Gasteiger partial charge on any atom is 0.273 e. The summed E-state index contributed by atoms with van der Waals surface area (Å²) in [7, 11) is 1.42. The van der Waals surface area contributed by atoms with E-state index in [1.807, 2.05) is 5.32 Å². The Bertz CT molecular complexity index is 1520. The molecule has 0 spiro atoms. The van der Waals surface area contributed by atoms with Crippen molar-refractivity contribution in [2.24, 2.45) is 5.92 Å². The molecule has 1 saturated carbocycles. The number of nitrogens with one attached hydrogen (secondary N) is 3. The Balaban J connectivity index is 1.44. The summed E-state index contributed by atoms with van der Waals surface area (Å²) >= 11 is 0. The normalized spacial score (nSPS) is 17.1. The predicted octanol–water partition coefficient (Wildman–Crippen LogP) is 1.95. The fourth-order valence-corrected chi connectivity index (χ4v) is 4.21. The Morgan fingerprint density at radius 1 is 1.18 bits per heavy atom. The molecule has 3 amide bonds. The largest absolute Gasteiger partial charge is 0.494 e. The van der Waals surface area contributed by atoms with Gasteiger partial charge in [-0.25, -0.2) is 0 Å². The smallest absolute Gasteiger partial charge is 0.273 e. The predicted molar refractivity (Wildman–Crippen MR) is 142 cm³/mol. The van der Waals surface area contributed by atoms with Crippen LogP contribution in [0.4, 0.5) is 17.2 Å². The van der Waals surface area contributed by atoms with Gasteiger partial charge in [0.05, 0.1) is 37.3 Å². The lowest BCUT2D eigenvalue weighted by molar-refractivity contribution is -0.137. The van der Waals surface area contributed by atoms with Gasteiger partial charge >= 0.3 is 0 Å². The van der Waals surface area contributed by atoms with Gasteiger partial charge < -0.3 is 34.8 Å². The zero-order chi connectivity index (χ0) is 30.7. The third-order valence-electron chi connectivity index (χ3n) is 6.56. The quantitative estimate of drug-likeness (QED) is 0.353. The van der Waals surface area contributed by atoms with E-state index in [4.69, 9.17) is 18.1 Å². The van der Waals surface area contributed by atoms with Crippen LogP contribution in [0.25, 0.3) is 11.4 Å². The summed E-state index contributed by atoms with van der Waals surface area (Å²) in [5.41, 5.74) is 0.465. The molecule has 210 valence electrons. The van der Waals surface area contributed by atoms with Crippen LogP contribution in [-0.2, 0) is 14.3 Å². The van der Waals surface area contributed by atoms with Gasteiger partial charge in [0.15, 0.2) is 17.3 Å². The molecule has 40 heavy (non-hydrogen) atoms. The SMILES string of the molecule is [2H]C([2H])([2H])NC(=O)c1nnc(NC(=O)C2CC2)cc1Nc1cccc(-c2noc(C(C)C(=O)N3CCOCC3)n2)c1OC. The Hall–Kier alpha value is -4.59. The summed E-state index contributed by atoms with van der Waals surface area (Å²) < 4.78 is 38.6. The summed E-state index contributed by atoms with van der Waals surface area (Å²) in [6.07, 6.45) is 1.54. The highest BCUT2D eigenvalue weighted by Crippen LogP contribution is 2.38. The summed E-state index contributed by atoms with van der Waals surface area (Å²) in [6.45, 7) is 0.800. The number of anilines is 3. The number of carbonyl (C=O) groups is 3. The van der Waals surface area contributed by atoms with Gasteiger partial charge in [-0.2, -0.15) is 4.98 Å². The minimum atomic E-state index is -2.77. The molecule has 14 nitrogen and oxygen atoms in total. The van der Waals surface area contributed by atoms with E-state index in [1.165, 1.54) is 13.2 Å². The first-order chi connectivity index (χ1) is 20.5. The van der Waals surface area contributed by atoms with Crippen LogP contribution in [0.5, 0.6) is 5.75 Å². The Morgan fingerprint density at radius 3 is 2.70 bits per heavy atom. The average molecular weight is 554 g/mol. The number of hydrogen-bond donors (Lipinski definition) is 3. The van der Waals surface area contributed by atoms with Crippen molar-refractivity contribution in [2.75, 3.05) is 51.0 Å². The third kappa shape index (κ3) is 5.71. The second-order valence-corrected chi connectivity index (χ2v) is 9.34. The highest BCUT2D eigenvalue weighted by atomic mass is 16.5. The molecule has 3 aromatic rings. The molecular formula is C26H30N8O6. The van der Waals surface area contributed by atoms with Crippen molar-refractivity contribution in [2.45, 2.75) is 25.7 Å². The first-order valence-electron chi connectivity index (χ1n) is 14.2. The number of nitrogens with zero attached hydrogens (tertiary/aromatic N) is 5. The Labute approximate surface area is 234 Å². The maximum absolute atomic E-state index is 12.9. The average Bonchev–Trinajstić information content (AvgIpc) is 3.72. The first kappa shape index (κ1) is 23.3. The summed E-state index contributed by atoms with van der Waals surface area (Å²) in [5.74, 6) is -1.57. The molecule has 5 rings (SSSR count). The monoisotopic (exact) mass is 553 g/mol. The van der Waals surface area contributed by atoms with Crippen molar-refractivity contribution in [3.05, 3.63) is 35.9 Å². The summed E-state index contributed by atoms with van der Waals surface area (Å²) in [5, 5.41) is 19.4. The van der Waals surface area contributed by atoms with Crippen LogP contribution in [0.1, 0.15) is 46.2 Å². The van der Waals surface area contributed by atoms with Gasteiger partial charge in [-0.15, -0.1) is 10.2 Å². The highest BCUT2D eigenvalue weighted by molar-refractivity contribution is 6.00. The number of rotatable bonds is 9. The number of carbonyl (C=O) groups excluding carboxylic acids is 3. The fourth-order valence-electron chi connectivity index (χ4n) is 4.21. The molecule has 3 heterocycles. The maximum atomic E-state index is 12.9. The van der Waals surface area contributed by atoms with Gasteiger partial charge in [0.25, 0.3) is 5.91 Å². The minimum absolute atomic E-state index is 0.0526. The molecule has 1 atom stereocenters. The third-order valence-corrected chi connectivity index (χ3v) is 6.56. The molecule has 2 aromatic heterocycles. The molecule has 2 fully saturated rings. The van der Waals surface area contributed by atoms with Crippen LogP contribution in [0.15, 0.2) is 28.8 Å². The molecule has 1 aromatic carbocycles. The van der Waals surface area contributed by atoms with E-state index in [1.54, 1.807) is 30.0 Å². The van der Waals surface area contributed by atoms with Crippen LogP contribution >= 0.6 is 0 Å². The van der Waals surface area contributed by atoms with Gasteiger partial charge in [-0.3, -0.25) is 14.4 Å². The standard InChI is InChI=1S/C26H30N8O6/c1-14(26(37)34-9-11-39-12-10-34)25-30-22(33-40-25)16-5-4-6-17(21(16)38-3)28-18-13-19(29-23(35)15-7-8-15)31-32-20(18)24(36)27-2/h4-6,13-15H,7-12H2,1-3H3,(H,27,36)(H2,28,29,31,35)/i2D3. The van der Waals surface area contributed by atoms with Crippen molar-refractivity contribution in [1.29, 1.82) is 0 Å². The number of amides is 3. The molecule has 3 N–H and O–H groups in total. The van der Waals surface area contributed by atoms with Crippen molar-refractivity contribution >= 4 is 34.9 Å². The van der Waals surface area contributed by atoms with Crippen molar-refractivity contribution < 1.29 is 32.5 Å². The lowest BCUT2D eigenvalue weighted by Gasteiger charge is -2.28. The summed E-state index contributed by atoms with van der Waals surface area (Å²) in [6, 6.07) is 6.37. The number of morpholine rings is 1. The van der Waals surface area contributed by atoms with E-state index >= 15 is 0 Å². The first-order valence-corrected chi connectivity index (χ1v) is 12.7. The Kier molecular flexibility index (Phi) is 6.79. The highest BCUT2D eigenvalue weighted by Gasteiger charge is 2.31. The van der Waals surface area contributed by atoms with E-state index in [9.17, 15) is 14.4 Å². The number of hydrogen-bond acceptors (Lipinski definition) is 11. The van der Waals surface area contributed by atoms with Crippen molar-refractivity contribution in [3.63, 3.8) is 0 Å². The van der Waals surface area contributed by atoms with Crippen LogP contribution < -0.4 is 20.7 Å². The van der Waals surface area contributed by atoms with Gasteiger partial charge in [0.2, 0.25) is 23.5 Å². The molecule has 0 bridgehead atoms. The second-order valence-electron chi connectivity index (χ2n) is 9.34. The number of aromatic nitrogens is 4. The molecule has 1 saturated heterocycles. The lowest BCUT2D eigenvalue weighted by Crippen LogP contribution is -2.42. The number of methoxy groups -OCH3 is 1. The molecule has 1 aliphatic heterocycles. The van der Waals surface area contributed by atoms with Crippen LogP contribution in [0.2, 0.25) is 0 Å². The van der Waals surface area contributed by atoms with E-state index in [0.29, 0.717) is 37.6 Å². The zero-order valence-electron chi connectivity index (χ0n) is 24.9. The Morgan fingerprint density at radius 2 is 1.98 bits per heavy atom. The minimum Gasteiger partial charge on any atom is -0.494 e.